The lowest BCUT2D eigenvalue weighted by Crippen LogP contribution is -2.03. The van der Waals surface area contributed by atoms with Crippen molar-refractivity contribution < 1.29 is 4.63 Å². The van der Waals surface area contributed by atoms with E-state index in [0.29, 0.717) is 28.1 Å². The Bertz CT molecular complexity index is 790. The van der Waals surface area contributed by atoms with Crippen molar-refractivity contribution in [3.8, 4) is 11.5 Å². The van der Waals surface area contributed by atoms with Crippen molar-refractivity contribution in [3.05, 3.63) is 17.4 Å². The Morgan fingerprint density at radius 2 is 2.25 bits per heavy atom. The molecule has 0 unspecified atom stereocenters. The molecule has 1 saturated carbocycles. The van der Waals surface area contributed by atoms with Crippen LogP contribution in [0.25, 0.3) is 22.6 Å². The summed E-state index contributed by atoms with van der Waals surface area (Å²) in [5.41, 5.74) is 7.79. The number of rotatable bonds is 3. The monoisotopic (exact) mass is 290 g/mol. The normalized spacial score (nSPS) is 15.1. The highest BCUT2D eigenvalue weighted by Crippen LogP contribution is 2.35. The van der Waals surface area contributed by atoms with E-state index in [0.717, 1.165) is 12.1 Å². The summed E-state index contributed by atoms with van der Waals surface area (Å²) in [5, 5.41) is 7.82. The van der Waals surface area contributed by atoms with Crippen LogP contribution < -0.4 is 5.73 Å². The lowest BCUT2D eigenvalue weighted by atomic mass is 10.3. The fourth-order valence-corrected chi connectivity index (χ4v) is 2.49. The molecular weight excluding hydrogens is 280 g/mol. The third kappa shape index (κ3) is 1.74. The summed E-state index contributed by atoms with van der Waals surface area (Å²) in [4.78, 5) is 8.58. The van der Waals surface area contributed by atoms with Gasteiger partial charge in [0.05, 0.1) is 5.52 Å². The van der Waals surface area contributed by atoms with Crippen LogP contribution in [0.15, 0.2) is 16.9 Å². The number of imidazole rings is 1. The maximum atomic E-state index is 6.12. The van der Waals surface area contributed by atoms with E-state index >= 15 is 0 Å². The molecular formula is C12H11ClN6O. The SMILES string of the molecule is Nc1nonc1-c1nc2c(Cl)nccc2n1CC1CC1. The molecule has 0 amide bonds. The number of fused-ring (bicyclic) bond motifs is 1. The minimum atomic E-state index is 0.224. The number of aromatic nitrogens is 5. The lowest BCUT2D eigenvalue weighted by molar-refractivity contribution is 0.310. The molecule has 8 heteroatoms. The summed E-state index contributed by atoms with van der Waals surface area (Å²) < 4.78 is 6.74. The summed E-state index contributed by atoms with van der Waals surface area (Å²) in [5.74, 6) is 1.51. The van der Waals surface area contributed by atoms with Gasteiger partial charge in [0.2, 0.25) is 0 Å². The highest BCUT2D eigenvalue weighted by Gasteiger charge is 2.27. The molecule has 20 heavy (non-hydrogen) atoms. The number of pyridine rings is 1. The van der Waals surface area contributed by atoms with E-state index < -0.39 is 0 Å². The average molecular weight is 291 g/mol. The topological polar surface area (TPSA) is 95.7 Å². The molecule has 0 aromatic carbocycles. The minimum absolute atomic E-state index is 0.224. The highest BCUT2D eigenvalue weighted by atomic mass is 35.5. The second kappa shape index (κ2) is 4.17. The fraction of sp³-hybridized carbons (Fsp3) is 0.333. The summed E-state index contributed by atoms with van der Waals surface area (Å²) in [6.07, 6.45) is 4.12. The molecule has 4 rings (SSSR count). The minimum Gasteiger partial charge on any atom is -0.379 e. The standard InChI is InChI=1S/C12H11ClN6O/c13-10-8-7(3-4-15-10)19(5-6-1-2-6)12(16-8)9-11(14)18-20-17-9/h3-4,6H,1-2,5H2,(H2,14,18). The molecule has 1 aliphatic carbocycles. The van der Waals surface area contributed by atoms with Gasteiger partial charge in [0.15, 0.2) is 22.5 Å². The van der Waals surface area contributed by atoms with Crippen molar-refractivity contribution in [1.29, 1.82) is 0 Å². The molecule has 0 radical (unpaired) electrons. The van der Waals surface area contributed by atoms with Crippen LogP contribution in [0.4, 0.5) is 5.82 Å². The molecule has 3 heterocycles. The van der Waals surface area contributed by atoms with Crippen molar-refractivity contribution in [1.82, 2.24) is 24.8 Å². The predicted molar refractivity (Wildman–Crippen MR) is 73.0 cm³/mol. The van der Waals surface area contributed by atoms with E-state index in [9.17, 15) is 0 Å². The van der Waals surface area contributed by atoms with Crippen molar-refractivity contribution >= 4 is 28.5 Å². The summed E-state index contributed by atoms with van der Waals surface area (Å²) in [6, 6.07) is 1.89. The quantitative estimate of drug-likeness (QED) is 0.742. The van der Waals surface area contributed by atoms with Gasteiger partial charge in [0.25, 0.3) is 0 Å². The molecule has 1 aliphatic rings. The van der Waals surface area contributed by atoms with Gasteiger partial charge in [-0.3, -0.25) is 0 Å². The number of nitrogen functional groups attached to an aromatic ring is 1. The molecule has 0 bridgehead atoms. The van der Waals surface area contributed by atoms with Crippen molar-refractivity contribution in [2.75, 3.05) is 5.73 Å². The summed E-state index contributed by atoms with van der Waals surface area (Å²) in [7, 11) is 0. The van der Waals surface area contributed by atoms with Gasteiger partial charge < -0.3 is 10.3 Å². The van der Waals surface area contributed by atoms with Crippen LogP contribution in [0.5, 0.6) is 0 Å². The summed E-state index contributed by atoms with van der Waals surface area (Å²) >= 11 is 6.12. The van der Waals surface area contributed by atoms with Gasteiger partial charge in [-0.15, -0.1) is 0 Å². The van der Waals surface area contributed by atoms with E-state index in [2.05, 4.69) is 29.5 Å². The molecule has 3 aromatic heterocycles. The van der Waals surface area contributed by atoms with Gasteiger partial charge in [-0.2, -0.15) is 0 Å². The van der Waals surface area contributed by atoms with Gasteiger partial charge in [0.1, 0.15) is 5.52 Å². The van der Waals surface area contributed by atoms with E-state index in [1.807, 2.05) is 6.07 Å². The van der Waals surface area contributed by atoms with E-state index in [-0.39, 0.29) is 5.82 Å². The van der Waals surface area contributed by atoms with Crippen LogP contribution in [0.3, 0.4) is 0 Å². The largest absolute Gasteiger partial charge is 0.379 e. The zero-order valence-electron chi connectivity index (χ0n) is 10.5. The predicted octanol–water partition coefficient (Wildman–Crippen LogP) is 2.13. The van der Waals surface area contributed by atoms with E-state index in [1.54, 1.807) is 6.20 Å². The Balaban J connectivity index is 1.98. The average Bonchev–Trinajstić information content (AvgIpc) is 3.04. The molecule has 2 N–H and O–H groups in total. The molecule has 1 fully saturated rings. The van der Waals surface area contributed by atoms with Gasteiger partial charge in [-0.25, -0.2) is 14.6 Å². The van der Waals surface area contributed by atoms with E-state index in [4.69, 9.17) is 17.3 Å². The zero-order valence-corrected chi connectivity index (χ0v) is 11.2. The number of hydrogen-bond acceptors (Lipinski definition) is 6. The molecule has 0 aliphatic heterocycles. The van der Waals surface area contributed by atoms with Gasteiger partial charge in [0, 0.05) is 12.7 Å². The van der Waals surface area contributed by atoms with Crippen LogP contribution in [0.1, 0.15) is 12.8 Å². The first-order chi connectivity index (χ1) is 9.74. The van der Waals surface area contributed by atoms with Gasteiger partial charge in [-0.05, 0) is 35.1 Å². The molecule has 0 saturated heterocycles. The zero-order chi connectivity index (χ0) is 13.7. The van der Waals surface area contributed by atoms with Crippen LogP contribution in [-0.4, -0.2) is 24.8 Å². The first kappa shape index (κ1) is 11.7. The Morgan fingerprint density at radius 1 is 1.40 bits per heavy atom. The Morgan fingerprint density at radius 3 is 2.95 bits per heavy atom. The first-order valence-corrected chi connectivity index (χ1v) is 6.71. The lowest BCUT2D eigenvalue weighted by Gasteiger charge is -2.06. The number of anilines is 1. The second-order valence-corrected chi connectivity index (χ2v) is 5.31. The third-order valence-electron chi connectivity index (χ3n) is 3.49. The number of hydrogen-bond donors (Lipinski definition) is 1. The van der Waals surface area contributed by atoms with Crippen LogP contribution in [0, 0.1) is 5.92 Å². The Kier molecular flexibility index (Phi) is 2.43. The maximum Gasteiger partial charge on any atom is 0.199 e. The molecule has 102 valence electrons. The molecule has 0 atom stereocenters. The number of nitrogens with zero attached hydrogens (tertiary/aromatic N) is 5. The molecule has 3 aromatic rings. The van der Waals surface area contributed by atoms with Crippen LogP contribution in [0.2, 0.25) is 5.15 Å². The Labute approximate surface area is 118 Å². The molecule has 7 nitrogen and oxygen atoms in total. The van der Waals surface area contributed by atoms with Crippen LogP contribution >= 0.6 is 11.6 Å². The fourth-order valence-electron chi connectivity index (χ4n) is 2.30. The number of nitrogens with two attached hydrogens (primary N) is 1. The molecule has 0 spiro atoms. The maximum absolute atomic E-state index is 6.12. The van der Waals surface area contributed by atoms with Crippen molar-refractivity contribution in [2.24, 2.45) is 5.92 Å². The van der Waals surface area contributed by atoms with Gasteiger partial charge >= 0.3 is 0 Å². The number of halogens is 1. The Hall–Kier alpha value is -2.15. The second-order valence-electron chi connectivity index (χ2n) is 4.96. The smallest absolute Gasteiger partial charge is 0.199 e. The third-order valence-corrected chi connectivity index (χ3v) is 3.76. The highest BCUT2D eigenvalue weighted by molar-refractivity contribution is 6.33. The van der Waals surface area contributed by atoms with Crippen LogP contribution in [-0.2, 0) is 6.54 Å². The first-order valence-electron chi connectivity index (χ1n) is 6.33. The summed E-state index contributed by atoms with van der Waals surface area (Å²) in [6.45, 7) is 0.860. The van der Waals surface area contributed by atoms with Crippen molar-refractivity contribution in [3.63, 3.8) is 0 Å². The van der Waals surface area contributed by atoms with Gasteiger partial charge in [-0.1, -0.05) is 11.6 Å². The van der Waals surface area contributed by atoms with Crippen molar-refractivity contribution in [2.45, 2.75) is 19.4 Å². The van der Waals surface area contributed by atoms with E-state index in [1.165, 1.54) is 12.8 Å².